The van der Waals surface area contributed by atoms with Crippen molar-refractivity contribution in [3.05, 3.63) is 71.7 Å². The average molecular weight is 397 g/mol. The van der Waals surface area contributed by atoms with Crippen molar-refractivity contribution < 1.29 is 14.2 Å². The molecule has 5 nitrogen and oxygen atoms in total. The van der Waals surface area contributed by atoms with Crippen LogP contribution in [-0.4, -0.2) is 38.5 Å². The molecule has 2 aromatic carbocycles. The third kappa shape index (κ3) is 5.22. The Morgan fingerprint density at radius 3 is 2.45 bits per heavy atom. The molecular weight excluding hydrogens is 369 g/mol. The van der Waals surface area contributed by atoms with Gasteiger partial charge in [-0.1, -0.05) is 24.3 Å². The van der Waals surface area contributed by atoms with Gasteiger partial charge in [0, 0.05) is 25.2 Å². The third-order valence-corrected chi connectivity index (χ3v) is 4.74. The van der Waals surface area contributed by atoms with Crippen LogP contribution in [-0.2, 0) is 6.54 Å². The Hall–Kier alpha value is -2.70. The van der Waals surface area contributed by atoms with Gasteiger partial charge in [0.2, 0.25) is 5.88 Å². The largest absolute Gasteiger partial charge is 0.438 e. The molecule has 0 aliphatic rings. The Balaban J connectivity index is 2.06. The van der Waals surface area contributed by atoms with Gasteiger partial charge in [-0.2, -0.15) is 5.10 Å². The fraction of sp³-hybridized carbons (Fsp3) is 0.348. The molecule has 1 heterocycles. The fourth-order valence-electron chi connectivity index (χ4n) is 3.21. The predicted molar refractivity (Wildman–Crippen MR) is 112 cm³/mol. The highest BCUT2D eigenvalue weighted by Gasteiger charge is 2.23. The van der Waals surface area contributed by atoms with Crippen molar-refractivity contribution >= 4 is 0 Å². The number of aromatic nitrogens is 2. The second-order valence-corrected chi connectivity index (χ2v) is 7.55. The van der Waals surface area contributed by atoms with Crippen molar-refractivity contribution in [1.82, 2.24) is 14.7 Å². The number of halogens is 1. The number of aliphatic hydroxyl groups is 1. The molecule has 0 bridgehead atoms. The summed E-state index contributed by atoms with van der Waals surface area (Å²) in [5.41, 5.74) is 2.60. The maximum atomic E-state index is 13.7. The third-order valence-electron chi connectivity index (χ3n) is 4.74. The number of aliphatic hydroxyl groups excluding tert-OH is 1. The van der Waals surface area contributed by atoms with Gasteiger partial charge in [-0.25, -0.2) is 9.07 Å². The summed E-state index contributed by atoms with van der Waals surface area (Å²) in [6.45, 7) is 8.99. The summed E-state index contributed by atoms with van der Waals surface area (Å²) in [7, 11) is 0. The molecule has 0 spiro atoms. The fourth-order valence-corrected chi connectivity index (χ4v) is 3.21. The first-order chi connectivity index (χ1) is 13.8. The molecule has 0 aliphatic heterocycles. The number of aryl methyl sites for hydroxylation is 1. The molecule has 3 rings (SSSR count). The number of ether oxygens (including phenoxy) is 1. The molecule has 0 unspecified atom stereocenters. The van der Waals surface area contributed by atoms with E-state index >= 15 is 0 Å². The molecule has 29 heavy (non-hydrogen) atoms. The molecule has 3 aromatic rings. The maximum Gasteiger partial charge on any atom is 0.227 e. The summed E-state index contributed by atoms with van der Waals surface area (Å²) in [6, 6.07) is 16.0. The van der Waals surface area contributed by atoms with Crippen molar-refractivity contribution in [2.24, 2.45) is 0 Å². The number of rotatable bonds is 8. The zero-order valence-electron chi connectivity index (χ0n) is 17.3. The zero-order chi connectivity index (χ0) is 21.0. The van der Waals surface area contributed by atoms with Gasteiger partial charge in [0.15, 0.2) is 0 Å². The minimum Gasteiger partial charge on any atom is -0.438 e. The van der Waals surface area contributed by atoms with Gasteiger partial charge in [0.05, 0.1) is 23.0 Å². The number of nitrogens with zero attached hydrogens (tertiary/aromatic N) is 3. The van der Waals surface area contributed by atoms with E-state index in [0.29, 0.717) is 24.7 Å². The average Bonchev–Trinajstić information content (AvgIpc) is 2.97. The Morgan fingerprint density at radius 2 is 1.83 bits per heavy atom. The standard InChI is InChI=1S/C23H28FN3O2/c1-16(2)26(14-17(3)28)15-22-18(4)25-27(20-10-6-5-7-11-20)23(22)29-21-12-8-9-19(24)13-21/h5-13,16-17,28H,14-15H2,1-4H3/t17-/m1/s1. The highest BCUT2D eigenvalue weighted by Crippen LogP contribution is 2.32. The second kappa shape index (κ2) is 9.20. The minimum atomic E-state index is -0.450. The van der Waals surface area contributed by atoms with Crippen LogP contribution in [0.5, 0.6) is 11.6 Å². The van der Waals surface area contributed by atoms with E-state index in [9.17, 15) is 9.50 Å². The van der Waals surface area contributed by atoms with Crippen LogP contribution in [0.1, 0.15) is 32.0 Å². The van der Waals surface area contributed by atoms with E-state index in [2.05, 4.69) is 18.7 Å². The first kappa shape index (κ1) is 21.0. The van der Waals surface area contributed by atoms with Gasteiger partial charge in [-0.05, 0) is 52.0 Å². The molecule has 154 valence electrons. The summed E-state index contributed by atoms with van der Waals surface area (Å²) in [6.07, 6.45) is -0.450. The van der Waals surface area contributed by atoms with Crippen molar-refractivity contribution in [1.29, 1.82) is 0 Å². The summed E-state index contributed by atoms with van der Waals surface area (Å²) < 4.78 is 21.6. The molecule has 0 saturated heterocycles. The SMILES string of the molecule is Cc1nn(-c2ccccc2)c(Oc2cccc(F)c2)c1CN(C[C@@H](C)O)C(C)C. The number of benzene rings is 2. The van der Waals surface area contributed by atoms with E-state index in [0.717, 1.165) is 16.9 Å². The van der Waals surface area contributed by atoms with E-state index in [4.69, 9.17) is 9.84 Å². The van der Waals surface area contributed by atoms with E-state index < -0.39 is 6.10 Å². The summed E-state index contributed by atoms with van der Waals surface area (Å²) in [5.74, 6) is 0.606. The van der Waals surface area contributed by atoms with Gasteiger partial charge in [-0.3, -0.25) is 4.90 Å². The van der Waals surface area contributed by atoms with Crippen molar-refractivity contribution in [3.8, 4) is 17.3 Å². The van der Waals surface area contributed by atoms with Gasteiger partial charge in [-0.15, -0.1) is 0 Å². The van der Waals surface area contributed by atoms with E-state index in [-0.39, 0.29) is 11.9 Å². The van der Waals surface area contributed by atoms with Crippen LogP contribution in [0.3, 0.4) is 0 Å². The van der Waals surface area contributed by atoms with Crippen LogP contribution in [0.15, 0.2) is 54.6 Å². The highest BCUT2D eigenvalue weighted by molar-refractivity contribution is 5.43. The molecule has 1 atom stereocenters. The number of hydrogen-bond donors (Lipinski definition) is 1. The Morgan fingerprint density at radius 1 is 1.10 bits per heavy atom. The predicted octanol–water partition coefficient (Wildman–Crippen LogP) is 4.70. The normalized spacial score (nSPS) is 12.6. The van der Waals surface area contributed by atoms with E-state index in [1.807, 2.05) is 37.3 Å². The summed E-state index contributed by atoms with van der Waals surface area (Å²) >= 11 is 0. The molecule has 0 amide bonds. The van der Waals surface area contributed by atoms with Crippen LogP contribution in [0, 0.1) is 12.7 Å². The van der Waals surface area contributed by atoms with Gasteiger partial charge < -0.3 is 9.84 Å². The Kier molecular flexibility index (Phi) is 6.67. The van der Waals surface area contributed by atoms with Gasteiger partial charge in [0.25, 0.3) is 0 Å². The second-order valence-electron chi connectivity index (χ2n) is 7.55. The zero-order valence-corrected chi connectivity index (χ0v) is 17.3. The summed E-state index contributed by atoms with van der Waals surface area (Å²) in [4.78, 5) is 2.17. The topological polar surface area (TPSA) is 50.5 Å². The van der Waals surface area contributed by atoms with Crippen molar-refractivity contribution in [2.45, 2.75) is 46.4 Å². The smallest absolute Gasteiger partial charge is 0.227 e. The monoisotopic (exact) mass is 397 g/mol. The van der Waals surface area contributed by atoms with Gasteiger partial charge >= 0.3 is 0 Å². The first-order valence-electron chi connectivity index (χ1n) is 9.84. The molecule has 1 N–H and O–H groups in total. The molecule has 0 radical (unpaired) electrons. The lowest BCUT2D eigenvalue weighted by molar-refractivity contribution is 0.102. The highest BCUT2D eigenvalue weighted by atomic mass is 19.1. The Bertz CT molecular complexity index is 939. The lowest BCUT2D eigenvalue weighted by atomic mass is 10.2. The summed E-state index contributed by atoms with van der Waals surface area (Å²) in [5, 5.41) is 14.6. The van der Waals surface area contributed by atoms with E-state index in [1.165, 1.54) is 12.1 Å². The number of para-hydroxylation sites is 1. The van der Waals surface area contributed by atoms with Crippen LogP contribution < -0.4 is 4.74 Å². The first-order valence-corrected chi connectivity index (χ1v) is 9.84. The molecule has 6 heteroatoms. The van der Waals surface area contributed by atoms with Crippen LogP contribution in [0.2, 0.25) is 0 Å². The maximum absolute atomic E-state index is 13.7. The lowest BCUT2D eigenvalue weighted by Crippen LogP contribution is -2.36. The van der Waals surface area contributed by atoms with E-state index in [1.54, 1.807) is 23.7 Å². The quantitative estimate of drug-likeness (QED) is 0.598. The van der Waals surface area contributed by atoms with Crippen LogP contribution >= 0.6 is 0 Å². The van der Waals surface area contributed by atoms with Gasteiger partial charge in [0.1, 0.15) is 11.6 Å². The molecule has 0 saturated carbocycles. The minimum absolute atomic E-state index is 0.228. The molecule has 0 aliphatic carbocycles. The van der Waals surface area contributed by atoms with Crippen LogP contribution in [0.4, 0.5) is 4.39 Å². The van der Waals surface area contributed by atoms with Crippen LogP contribution in [0.25, 0.3) is 5.69 Å². The molecule has 0 fully saturated rings. The van der Waals surface area contributed by atoms with Crippen molar-refractivity contribution in [2.75, 3.05) is 6.54 Å². The van der Waals surface area contributed by atoms with Crippen molar-refractivity contribution in [3.63, 3.8) is 0 Å². The molecular formula is C23H28FN3O2. The number of hydrogen-bond acceptors (Lipinski definition) is 4. The molecule has 1 aromatic heterocycles. The lowest BCUT2D eigenvalue weighted by Gasteiger charge is -2.27. The Labute approximate surface area is 171 Å².